The molecule has 2 aromatic carbocycles. The maximum Gasteiger partial charge on any atom is 0.170 e. The van der Waals surface area contributed by atoms with Crippen molar-refractivity contribution in [2.24, 2.45) is 0 Å². The lowest BCUT2D eigenvalue weighted by Crippen LogP contribution is -2.16. The number of rotatable bonds is 1. The zero-order chi connectivity index (χ0) is 11.7. The number of benzene rings is 2. The third-order valence-electron chi connectivity index (χ3n) is 2.72. The SMILES string of the molecule is Ic1ccc2c(c1-c1ccccc1)OCCO2. The molecule has 3 rings (SSSR count). The second-order valence-electron chi connectivity index (χ2n) is 3.81. The lowest BCUT2D eigenvalue weighted by molar-refractivity contribution is 0.172. The number of hydrogen-bond acceptors (Lipinski definition) is 2. The Labute approximate surface area is 114 Å². The van der Waals surface area contributed by atoms with Crippen molar-refractivity contribution in [1.29, 1.82) is 0 Å². The Morgan fingerprint density at radius 1 is 0.882 bits per heavy atom. The van der Waals surface area contributed by atoms with Gasteiger partial charge in [0.05, 0.1) is 0 Å². The van der Waals surface area contributed by atoms with Gasteiger partial charge in [0.15, 0.2) is 11.5 Å². The van der Waals surface area contributed by atoms with Gasteiger partial charge in [-0.3, -0.25) is 0 Å². The van der Waals surface area contributed by atoms with Crippen molar-refractivity contribution in [3.8, 4) is 22.6 Å². The molecule has 0 amide bonds. The fourth-order valence-electron chi connectivity index (χ4n) is 1.97. The molecular weight excluding hydrogens is 327 g/mol. The summed E-state index contributed by atoms with van der Waals surface area (Å²) in [5.74, 6) is 1.71. The Balaban J connectivity index is 2.21. The Morgan fingerprint density at radius 2 is 1.65 bits per heavy atom. The molecule has 0 radical (unpaired) electrons. The van der Waals surface area contributed by atoms with E-state index >= 15 is 0 Å². The van der Waals surface area contributed by atoms with Crippen LogP contribution < -0.4 is 9.47 Å². The topological polar surface area (TPSA) is 18.5 Å². The van der Waals surface area contributed by atoms with Crippen LogP contribution in [-0.4, -0.2) is 13.2 Å². The quantitative estimate of drug-likeness (QED) is 0.738. The molecule has 86 valence electrons. The van der Waals surface area contributed by atoms with E-state index in [0.717, 1.165) is 17.1 Å². The molecule has 0 unspecified atom stereocenters. The molecule has 0 N–H and O–H groups in total. The zero-order valence-electron chi connectivity index (χ0n) is 9.15. The molecule has 0 spiro atoms. The highest BCUT2D eigenvalue weighted by molar-refractivity contribution is 14.1. The van der Waals surface area contributed by atoms with E-state index in [9.17, 15) is 0 Å². The lowest BCUT2D eigenvalue weighted by Gasteiger charge is -2.22. The van der Waals surface area contributed by atoms with Crippen molar-refractivity contribution in [3.05, 3.63) is 46.0 Å². The van der Waals surface area contributed by atoms with Gasteiger partial charge in [0, 0.05) is 9.13 Å². The van der Waals surface area contributed by atoms with E-state index in [4.69, 9.17) is 9.47 Å². The van der Waals surface area contributed by atoms with E-state index in [1.54, 1.807) is 0 Å². The van der Waals surface area contributed by atoms with E-state index < -0.39 is 0 Å². The second kappa shape index (κ2) is 4.56. The van der Waals surface area contributed by atoms with Crippen LogP contribution in [0.2, 0.25) is 0 Å². The van der Waals surface area contributed by atoms with Crippen molar-refractivity contribution < 1.29 is 9.47 Å². The summed E-state index contributed by atoms with van der Waals surface area (Å²) in [6, 6.07) is 14.3. The third-order valence-corrected chi connectivity index (χ3v) is 3.62. The number of ether oxygens (including phenoxy) is 2. The zero-order valence-corrected chi connectivity index (χ0v) is 11.3. The van der Waals surface area contributed by atoms with E-state index in [1.165, 1.54) is 9.13 Å². The van der Waals surface area contributed by atoms with Crippen LogP contribution in [0.3, 0.4) is 0 Å². The van der Waals surface area contributed by atoms with Crippen molar-refractivity contribution >= 4 is 22.6 Å². The standard InChI is InChI=1S/C14H11IO2/c15-11-6-7-12-14(17-9-8-16-12)13(11)10-4-2-1-3-5-10/h1-7H,8-9H2. The van der Waals surface area contributed by atoms with Gasteiger partial charge in [-0.25, -0.2) is 0 Å². The van der Waals surface area contributed by atoms with Crippen molar-refractivity contribution in [2.45, 2.75) is 0 Å². The van der Waals surface area contributed by atoms with Crippen LogP contribution in [-0.2, 0) is 0 Å². The Morgan fingerprint density at radius 3 is 2.47 bits per heavy atom. The Kier molecular flexibility index (Phi) is 2.93. The van der Waals surface area contributed by atoms with Crippen molar-refractivity contribution in [3.63, 3.8) is 0 Å². The van der Waals surface area contributed by atoms with Gasteiger partial charge >= 0.3 is 0 Å². The van der Waals surface area contributed by atoms with Gasteiger partial charge in [0.2, 0.25) is 0 Å². The highest BCUT2D eigenvalue weighted by Crippen LogP contribution is 2.42. The van der Waals surface area contributed by atoms with Gasteiger partial charge in [-0.1, -0.05) is 30.3 Å². The smallest absolute Gasteiger partial charge is 0.170 e. The summed E-state index contributed by atoms with van der Waals surface area (Å²) in [5.41, 5.74) is 2.29. The highest BCUT2D eigenvalue weighted by Gasteiger charge is 2.19. The van der Waals surface area contributed by atoms with Crippen LogP contribution >= 0.6 is 22.6 Å². The molecule has 0 bridgehead atoms. The molecule has 17 heavy (non-hydrogen) atoms. The predicted molar refractivity (Wildman–Crippen MR) is 75.6 cm³/mol. The van der Waals surface area contributed by atoms with Crippen LogP contribution in [0.1, 0.15) is 0 Å². The van der Waals surface area contributed by atoms with Crippen LogP contribution in [0.25, 0.3) is 11.1 Å². The van der Waals surface area contributed by atoms with Crippen molar-refractivity contribution in [2.75, 3.05) is 13.2 Å². The number of hydrogen-bond donors (Lipinski definition) is 0. The van der Waals surface area contributed by atoms with Gasteiger partial charge in [-0.2, -0.15) is 0 Å². The Bertz CT molecular complexity index is 537. The summed E-state index contributed by atoms with van der Waals surface area (Å²) in [5, 5.41) is 0. The van der Waals surface area contributed by atoms with Crippen LogP contribution in [0, 0.1) is 3.57 Å². The van der Waals surface area contributed by atoms with Crippen molar-refractivity contribution in [1.82, 2.24) is 0 Å². The minimum absolute atomic E-state index is 0.618. The fourth-order valence-corrected chi connectivity index (χ4v) is 2.70. The molecule has 1 heterocycles. The average molecular weight is 338 g/mol. The molecule has 1 aliphatic heterocycles. The van der Waals surface area contributed by atoms with Gasteiger partial charge < -0.3 is 9.47 Å². The van der Waals surface area contributed by atoms with Crippen LogP contribution in [0.5, 0.6) is 11.5 Å². The van der Waals surface area contributed by atoms with E-state index in [1.807, 2.05) is 24.3 Å². The third kappa shape index (κ3) is 1.99. The molecular formula is C14H11IO2. The second-order valence-corrected chi connectivity index (χ2v) is 4.97. The first-order valence-corrected chi connectivity index (χ1v) is 6.57. The van der Waals surface area contributed by atoms with Crippen LogP contribution in [0.15, 0.2) is 42.5 Å². The van der Waals surface area contributed by atoms with E-state index in [0.29, 0.717) is 13.2 Å². The summed E-state index contributed by atoms with van der Waals surface area (Å²) < 4.78 is 12.6. The molecule has 0 fully saturated rings. The first-order valence-electron chi connectivity index (χ1n) is 5.50. The summed E-state index contributed by atoms with van der Waals surface area (Å²) in [7, 11) is 0. The Hall–Kier alpha value is -1.23. The molecule has 0 saturated heterocycles. The molecule has 0 aromatic heterocycles. The van der Waals surface area contributed by atoms with Gasteiger partial charge in [0.1, 0.15) is 13.2 Å². The molecule has 2 nitrogen and oxygen atoms in total. The monoisotopic (exact) mass is 338 g/mol. The van der Waals surface area contributed by atoms with E-state index in [2.05, 4.69) is 40.8 Å². The molecule has 0 atom stereocenters. The van der Waals surface area contributed by atoms with Gasteiger partial charge in [-0.15, -0.1) is 0 Å². The molecule has 2 aromatic rings. The average Bonchev–Trinajstić information content (AvgIpc) is 2.39. The van der Waals surface area contributed by atoms with Crippen LogP contribution in [0.4, 0.5) is 0 Å². The number of halogens is 1. The number of fused-ring (bicyclic) bond motifs is 1. The summed E-state index contributed by atoms with van der Waals surface area (Å²) in [6.07, 6.45) is 0. The largest absolute Gasteiger partial charge is 0.486 e. The summed E-state index contributed by atoms with van der Waals surface area (Å²) in [6.45, 7) is 1.24. The highest BCUT2D eigenvalue weighted by atomic mass is 127. The first kappa shape index (κ1) is 10.9. The minimum Gasteiger partial charge on any atom is -0.486 e. The maximum absolute atomic E-state index is 5.76. The molecule has 0 aliphatic carbocycles. The summed E-state index contributed by atoms with van der Waals surface area (Å²) in [4.78, 5) is 0. The molecule has 0 saturated carbocycles. The minimum atomic E-state index is 0.618. The molecule has 1 aliphatic rings. The molecule has 3 heteroatoms. The lowest BCUT2D eigenvalue weighted by atomic mass is 10.0. The first-order chi connectivity index (χ1) is 8.36. The normalized spacial score (nSPS) is 13.5. The van der Waals surface area contributed by atoms with Gasteiger partial charge in [0.25, 0.3) is 0 Å². The summed E-state index contributed by atoms with van der Waals surface area (Å²) >= 11 is 2.33. The van der Waals surface area contributed by atoms with E-state index in [-0.39, 0.29) is 0 Å². The predicted octanol–water partition coefficient (Wildman–Crippen LogP) is 3.73. The van der Waals surface area contributed by atoms with Gasteiger partial charge in [-0.05, 0) is 40.3 Å². The fraction of sp³-hybridized carbons (Fsp3) is 0.143. The maximum atomic E-state index is 5.76.